The van der Waals surface area contributed by atoms with E-state index in [9.17, 15) is 9.59 Å². The van der Waals surface area contributed by atoms with Crippen LogP contribution in [0.2, 0.25) is 0 Å². The molecule has 1 amide bonds. The molecule has 2 aromatic rings. The number of hydrogen-bond acceptors (Lipinski definition) is 5. The maximum absolute atomic E-state index is 12.2. The highest BCUT2D eigenvalue weighted by atomic mass is 16.5. The zero-order valence-electron chi connectivity index (χ0n) is 12.5. The van der Waals surface area contributed by atoms with Gasteiger partial charge in [0.1, 0.15) is 11.6 Å². The van der Waals surface area contributed by atoms with E-state index in [2.05, 4.69) is 10.3 Å². The molecule has 0 bridgehead atoms. The number of amides is 1. The molecule has 116 valence electrons. The third-order valence-corrected chi connectivity index (χ3v) is 3.17. The Morgan fingerprint density at radius 3 is 2.57 bits per heavy atom. The fourth-order valence-corrected chi connectivity index (χ4v) is 1.96. The summed E-state index contributed by atoms with van der Waals surface area (Å²) in [7, 11) is 1.55. The number of anilines is 1. The van der Waals surface area contributed by atoms with Crippen LogP contribution in [0.1, 0.15) is 5.56 Å². The van der Waals surface area contributed by atoms with E-state index in [1.807, 2.05) is 0 Å². The second-order valence-electron chi connectivity index (χ2n) is 4.76. The maximum atomic E-state index is 12.2. The van der Waals surface area contributed by atoms with Crippen LogP contribution in [0.15, 0.2) is 48.7 Å². The summed E-state index contributed by atoms with van der Waals surface area (Å²) < 4.78 is 5.04. The minimum atomic E-state index is -1.38. The van der Waals surface area contributed by atoms with Crippen LogP contribution in [0.3, 0.4) is 0 Å². The molecule has 0 unspecified atom stereocenters. The lowest BCUT2D eigenvalue weighted by Crippen LogP contribution is -2.30. The second kappa shape index (κ2) is 7.71. The number of rotatable bonds is 6. The third kappa shape index (κ3) is 4.38. The highest BCUT2D eigenvalue weighted by Gasteiger charge is 2.26. The van der Waals surface area contributed by atoms with Crippen LogP contribution < -0.4 is 10.1 Å². The fraction of sp³-hybridized carbons (Fsp3) is 0.176. The van der Waals surface area contributed by atoms with E-state index in [1.54, 1.807) is 55.6 Å². The van der Waals surface area contributed by atoms with Crippen molar-refractivity contribution in [2.75, 3.05) is 12.4 Å². The first kappa shape index (κ1) is 16.2. The van der Waals surface area contributed by atoms with E-state index in [1.165, 1.54) is 6.20 Å². The van der Waals surface area contributed by atoms with Crippen molar-refractivity contribution in [2.45, 2.75) is 6.42 Å². The average molecular weight is 309 g/mol. The molecular formula is C17H15N3O3. The number of Topliss-reactive ketones (excluding diaryl/α,β-unsaturated/α-hetero) is 1. The molecule has 0 fully saturated rings. The lowest BCUT2D eigenvalue weighted by atomic mass is 9.98. The van der Waals surface area contributed by atoms with Gasteiger partial charge in [0.05, 0.1) is 13.2 Å². The number of nitrogens with zero attached hydrogens (tertiary/aromatic N) is 2. The summed E-state index contributed by atoms with van der Waals surface area (Å²) in [5, 5.41) is 11.6. The molecule has 0 radical (unpaired) electrons. The van der Waals surface area contributed by atoms with E-state index >= 15 is 0 Å². The number of carbonyl (C=O) groups is 2. The van der Waals surface area contributed by atoms with Crippen LogP contribution in [0.5, 0.6) is 5.75 Å². The lowest BCUT2D eigenvalue weighted by molar-refractivity contribution is -0.128. The van der Waals surface area contributed by atoms with Gasteiger partial charge in [-0.2, -0.15) is 5.26 Å². The summed E-state index contributed by atoms with van der Waals surface area (Å²) in [6, 6.07) is 13.6. The molecule has 0 spiro atoms. The van der Waals surface area contributed by atoms with Gasteiger partial charge in [-0.15, -0.1) is 0 Å². The Labute approximate surface area is 133 Å². The first-order valence-corrected chi connectivity index (χ1v) is 6.91. The number of nitriles is 1. The molecular weight excluding hydrogens is 294 g/mol. The quantitative estimate of drug-likeness (QED) is 0.824. The van der Waals surface area contributed by atoms with Gasteiger partial charge >= 0.3 is 0 Å². The van der Waals surface area contributed by atoms with Gasteiger partial charge in [0.15, 0.2) is 11.7 Å². The van der Waals surface area contributed by atoms with Crippen molar-refractivity contribution >= 4 is 17.5 Å². The molecule has 0 saturated carbocycles. The van der Waals surface area contributed by atoms with Gasteiger partial charge in [0.2, 0.25) is 0 Å². The minimum absolute atomic E-state index is 0.00212. The molecule has 1 heterocycles. The lowest BCUT2D eigenvalue weighted by Gasteiger charge is -2.09. The van der Waals surface area contributed by atoms with Crippen molar-refractivity contribution in [3.8, 4) is 11.8 Å². The molecule has 1 aromatic carbocycles. The van der Waals surface area contributed by atoms with Crippen molar-refractivity contribution in [1.82, 2.24) is 4.98 Å². The van der Waals surface area contributed by atoms with Crippen LogP contribution in [-0.2, 0) is 16.0 Å². The fourth-order valence-electron chi connectivity index (χ4n) is 1.96. The number of ketones is 1. The summed E-state index contributed by atoms with van der Waals surface area (Å²) in [4.78, 5) is 28.2. The summed E-state index contributed by atoms with van der Waals surface area (Å²) in [5.74, 6) is -1.55. The predicted octanol–water partition coefficient (Wildman–Crippen LogP) is 1.98. The molecule has 1 N–H and O–H groups in total. The Morgan fingerprint density at radius 2 is 2.00 bits per heavy atom. The van der Waals surface area contributed by atoms with Crippen molar-refractivity contribution in [2.24, 2.45) is 5.92 Å². The summed E-state index contributed by atoms with van der Waals surface area (Å²) in [6.45, 7) is 0. The van der Waals surface area contributed by atoms with Crippen molar-refractivity contribution < 1.29 is 14.3 Å². The molecule has 6 heteroatoms. The Hall–Kier alpha value is -3.20. The first-order chi connectivity index (χ1) is 11.1. The highest BCUT2D eigenvalue weighted by Crippen LogP contribution is 2.14. The van der Waals surface area contributed by atoms with Crippen LogP contribution >= 0.6 is 0 Å². The Morgan fingerprint density at radius 1 is 1.26 bits per heavy atom. The standard InChI is InChI=1S/C17H15N3O3/c1-23-13-7-5-12(6-8-13)10-15(21)14(11-18)17(22)20-16-4-2-3-9-19-16/h2-9,14H,10H2,1H3,(H,19,20,22)/t14-/m0/s1. The molecule has 6 nitrogen and oxygen atoms in total. The molecule has 1 aromatic heterocycles. The van der Waals surface area contributed by atoms with E-state index < -0.39 is 17.6 Å². The number of methoxy groups -OCH3 is 1. The molecule has 0 aliphatic carbocycles. The number of aromatic nitrogens is 1. The second-order valence-corrected chi connectivity index (χ2v) is 4.76. The van der Waals surface area contributed by atoms with Crippen molar-refractivity contribution in [3.63, 3.8) is 0 Å². The number of benzene rings is 1. The molecule has 23 heavy (non-hydrogen) atoms. The number of ether oxygens (including phenoxy) is 1. The minimum Gasteiger partial charge on any atom is -0.497 e. The molecule has 1 atom stereocenters. The number of carbonyl (C=O) groups excluding carboxylic acids is 2. The van der Waals surface area contributed by atoms with Gasteiger partial charge < -0.3 is 10.1 Å². The first-order valence-electron chi connectivity index (χ1n) is 6.91. The van der Waals surface area contributed by atoms with E-state index in [0.29, 0.717) is 17.1 Å². The monoisotopic (exact) mass is 309 g/mol. The van der Waals surface area contributed by atoms with Gasteiger partial charge in [-0.1, -0.05) is 18.2 Å². The maximum Gasteiger partial charge on any atom is 0.250 e. The normalized spacial score (nSPS) is 11.1. The summed E-state index contributed by atoms with van der Waals surface area (Å²) >= 11 is 0. The average Bonchev–Trinajstić information content (AvgIpc) is 2.57. The number of pyridine rings is 1. The van der Waals surface area contributed by atoms with Crippen LogP contribution in [0.25, 0.3) is 0 Å². The van der Waals surface area contributed by atoms with Crippen LogP contribution in [0.4, 0.5) is 5.82 Å². The van der Waals surface area contributed by atoms with Gasteiger partial charge in [-0.3, -0.25) is 9.59 Å². The van der Waals surface area contributed by atoms with Crippen molar-refractivity contribution in [1.29, 1.82) is 5.26 Å². The zero-order chi connectivity index (χ0) is 16.7. The van der Waals surface area contributed by atoms with Crippen LogP contribution in [-0.4, -0.2) is 23.8 Å². The Bertz CT molecular complexity index is 721. The molecule has 2 rings (SSSR count). The topological polar surface area (TPSA) is 92.1 Å². The van der Waals surface area contributed by atoms with Crippen molar-refractivity contribution in [3.05, 3.63) is 54.2 Å². The zero-order valence-corrected chi connectivity index (χ0v) is 12.5. The van der Waals surface area contributed by atoms with E-state index in [-0.39, 0.29) is 6.42 Å². The largest absolute Gasteiger partial charge is 0.497 e. The third-order valence-electron chi connectivity index (χ3n) is 3.17. The number of nitrogens with one attached hydrogen (secondary N) is 1. The van der Waals surface area contributed by atoms with Gasteiger partial charge in [-0.05, 0) is 29.8 Å². The van der Waals surface area contributed by atoms with Gasteiger partial charge in [0.25, 0.3) is 5.91 Å². The summed E-state index contributed by atoms with van der Waals surface area (Å²) in [6.07, 6.45) is 1.51. The van der Waals surface area contributed by atoms with Crippen LogP contribution in [0, 0.1) is 17.2 Å². The van der Waals surface area contributed by atoms with E-state index in [0.717, 1.165) is 0 Å². The van der Waals surface area contributed by atoms with E-state index in [4.69, 9.17) is 10.00 Å². The predicted molar refractivity (Wildman–Crippen MR) is 83.7 cm³/mol. The molecule has 0 aliphatic rings. The van der Waals surface area contributed by atoms with Gasteiger partial charge in [-0.25, -0.2) is 4.98 Å². The Kier molecular flexibility index (Phi) is 5.42. The molecule has 0 saturated heterocycles. The molecule has 0 aliphatic heterocycles. The smallest absolute Gasteiger partial charge is 0.250 e. The SMILES string of the molecule is COc1ccc(CC(=O)[C@H](C#N)C(=O)Nc2ccccn2)cc1. The summed E-state index contributed by atoms with van der Waals surface area (Å²) in [5.41, 5.74) is 0.710. The Balaban J connectivity index is 2.03. The number of hydrogen-bond donors (Lipinski definition) is 1. The van der Waals surface area contributed by atoms with Gasteiger partial charge in [0, 0.05) is 12.6 Å². The highest BCUT2D eigenvalue weighted by molar-refractivity contribution is 6.09.